The van der Waals surface area contributed by atoms with Crippen LogP contribution in [0, 0.1) is 6.92 Å². The van der Waals surface area contributed by atoms with Crippen LogP contribution >= 0.6 is 0 Å². The first-order valence-electron chi connectivity index (χ1n) is 4.86. The molecule has 0 aliphatic heterocycles. The third-order valence-corrected chi connectivity index (χ3v) is 2.98. The lowest BCUT2D eigenvalue weighted by Gasteiger charge is -2.10. The lowest BCUT2D eigenvalue weighted by molar-refractivity contribution is 0.571. The van der Waals surface area contributed by atoms with Crippen molar-refractivity contribution in [1.29, 1.82) is 0 Å². The molecule has 1 nitrogen and oxygen atoms in total. The average molecular weight is 172 g/mol. The first-order chi connectivity index (χ1) is 6.36. The van der Waals surface area contributed by atoms with Gasteiger partial charge in [0.1, 0.15) is 11.3 Å². The Hall–Kier alpha value is -1.24. The summed E-state index contributed by atoms with van der Waals surface area (Å²) in [7, 11) is 0. The van der Waals surface area contributed by atoms with Gasteiger partial charge in [-0.25, -0.2) is 0 Å². The average Bonchev–Trinajstić information content (AvgIpc) is 2.47. The minimum Gasteiger partial charge on any atom is -0.461 e. The van der Waals surface area contributed by atoms with Crippen LogP contribution in [0.5, 0.6) is 0 Å². The van der Waals surface area contributed by atoms with Crippen LogP contribution in [0.15, 0.2) is 22.6 Å². The van der Waals surface area contributed by atoms with Gasteiger partial charge in [-0.15, -0.1) is 0 Å². The molecule has 0 fully saturated rings. The summed E-state index contributed by atoms with van der Waals surface area (Å²) < 4.78 is 5.71. The van der Waals surface area contributed by atoms with Crippen LogP contribution in [0.1, 0.15) is 23.3 Å². The standard InChI is InChI=1S/C12H12O/c1-8-10-6-2-4-9-5-3-7-11(13-8)12(9)10/h3,5,7H,2,4,6H2,1H3. The highest BCUT2D eigenvalue weighted by molar-refractivity contribution is 5.86. The van der Waals surface area contributed by atoms with E-state index in [9.17, 15) is 0 Å². The maximum Gasteiger partial charge on any atom is 0.134 e. The van der Waals surface area contributed by atoms with E-state index in [0.717, 1.165) is 11.3 Å². The van der Waals surface area contributed by atoms with Gasteiger partial charge >= 0.3 is 0 Å². The van der Waals surface area contributed by atoms with Crippen LogP contribution in [0.2, 0.25) is 0 Å². The molecule has 1 heteroatoms. The fraction of sp³-hybridized carbons (Fsp3) is 0.333. The molecular weight excluding hydrogens is 160 g/mol. The molecule has 2 aromatic rings. The monoisotopic (exact) mass is 172 g/mol. The summed E-state index contributed by atoms with van der Waals surface area (Å²) in [6.45, 7) is 2.07. The van der Waals surface area contributed by atoms with Crippen molar-refractivity contribution < 1.29 is 4.42 Å². The predicted molar refractivity (Wildman–Crippen MR) is 53.0 cm³/mol. The number of aryl methyl sites for hydroxylation is 3. The summed E-state index contributed by atoms with van der Waals surface area (Å²) in [4.78, 5) is 0. The van der Waals surface area contributed by atoms with Crippen molar-refractivity contribution in [3.05, 3.63) is 35.1 Å². The summed E-state index contributed by atoms with van der Waals surface area (Å²) in [5.41, 5.74) is 3.98. The molecule has 0 saturated carbocycles. The highest BCUT2D eigenvalue weighted by Crippen LogP contribution is 2.33. The molecule has 0 atom stereocenters. The second-order valence-corrected chi connectivity index (χ2v) is 3.78. The maximum absolute atomic E-state index is 5.71. The Morgan fingerprint density at radius 3 is 3.08 bits per heavy atom. The van der Waals surface area contributed by atoms with Crippen LogP contribution in [0.4, 0.5) is 0 Å². The minimum atomic E-state index is 1.07. The van der Waals surface area contributed by atoms with Gasteiger partial charge in [0, 0.05) is 10.9 Å². The van der Waals surface area contributed by atoms with Crippen LogP contribution in [0.3, 0.4) is 0 Å². The second kappa shape index (κ2) is 2.38. The van der Waals surface area contributed by atoms with Gasteiger partial charge in [-0.2, -0.15) is 0 Å². The van der Waals surface area contributed by atoms with Crippen LogP contribution in [0.25, 0.3) is 11.0 Å². The molecule has 13 heavy (non-hydrogen) atoms. The van der Waals surface area contributed by atoms with Crippen molar-refractivity contribution in [2.75, 3.05) is 0 Å². The number of hydrogen-bond donors (Lipinski definition) is 0. The van der Waals surface area contributed by atoms with Gasteiger partial charge in [-0.05, 0) is 37.8 Å². The molecule has 0 unspecified atom stereocenters. The fourth-order valence-electron chi connectivity index (χ4n) is 2.37. The third-order valence-electron chi connectivity index (χ3n) is 2.98. The van der Waals surface area contributed by atoms with E-state index in [1.807, 2.05) is 0 Å². The molecule has 1 aliphatic carbocycles. The zero-order valence-corrected chi connectivity index (χ0v) is 7.76. The zero-order valence-electron chi connectivity index (χ0n) is 7.76. The molecular formula is C12H12O. The summed E-state index contributed by atoms with van der Waals surface area (Å²) in [6.07, 6.45) is 3.67. The quantitative estimate of drug-likeness (QED) is 0.594. The summed E-state index contributed by atoms with van der Waals surface area (Å²) >= 11 is 0. The molecule has 0 radical (unpaired) electrons. The molecule has 0 spiro atoms. The van der Waals surface area contributed by atoms with E-state index < -0.39 is 0 Å². The van der Waals surface area contributed by atoms with E-state index in [1.54, 1.807) is 0 Å². The van der Waals surface area contributed by atoms with Crippen LogP contribution in [-0.2, 0) is 12.8 Å². The molecule has 1 aromatic heterocycles. The Bertz CT molecular complexity index is 465. The van der Waals surface area contributed by atoms with E-state index in [1.165, 1.54) is 35.8 Å². The fourth-order valence-corrected chi connectivity index (χ4v) is 2.37. The van der Waals surface area contributed by atoms with Crippen LogP contribution < -0.4 is 0 Å². The molecule has 0 N–H and O–H groups in total. The smallest absolute Gasteiger partial charge is 0.134 e. The van der Waals surface area contributed by atoms with Gasteiger partial charge < -0.3 is 4.42 Å². The van der Waals surface area contributed by atoms with Crippen molar-refractivity contribution in [2.24, 2.45) is 0 Å². The zero-order chi connectivity index (χ0) is 8.84. The van der Waals surface area contributed by atoms with Crippen molar-refractivity contribution in [3.8, 4) is 0 Å². The Labute approximate surface area is 77.4 Å². The molecule has 0 amide bonds. The Balaban J connectivity index is 2.51. The number of hydrogen-bond acceptors (Lipinski definition) is 1. The second-order valence-electron chi connectivity index (χ2n) is 3.78. The van der Waals surface area contributed by atoms with E-state index in [2.05, 4.69) is 25.1 Å². The van der Waals surface area contributed by atoms with Gasteiger partial charge in [-0.3, -0.25) is 0 Å². The Morgan fingerprint density at radius 1 is 1.23 bits per heavy atom. The highest BCUT2D eigenvalue weighted by atomic mass is 16.3. The summed E-state index contributed by atoms with van der Waals surface area (Å²) in [5.74, 6) is 1.11. The molecule has 1 aromatic carbocycles. The normalized spacial score (nSPS) is 15.2. The van der Waals surface area contributed by atoms with Gasteiger partial charge in [-0.1, -0.05) is 12.1 Å². The molecule has 66 valence electrons. The number of furan rings is 1. The van der Waals surface area contributed by atoms with Crippen LogP contribution in [-0.4, -0.2) is 0 Å². The van der Waals surface area contributed by atoms with E-state index >= 15 is 0 Å². The maximum atomic E-state index is 5.71. The lowest BCUT2D eigenvalue weighted by atomic mass is 9.92. The number of rotatable bonds is 0. The Kier molecular flexibility index (Phi) is 1.32. The first-order valence-corrected chi connectivity index (χ1v) is 4.86. The molecule has 0 saturated heterocycles. The third kappa shape index (κ3) is 0.873. The van der Waals surface area contributed by atoms with E-state index in [4.69, 9.17) is 4.42 Å². The van der Waals surface area contributed by atoms with Crippen molar-refractivity contribution >= 4 is 11.0 Å². The van der Waals surface area contributed by atoms with E-state index in [-0.39, 0.29) is 0 Å². The van der Waals surface area contributed by atoms with Gasteiger partial charge in [0.05, 0.1) is 0 Å². The van der Waals surface area contributed by atoms with Gasteiger partial charge in [0.15, 0.2) is 0 Å². The molecule has 0 bridgehead atoms. The minimum absolute atomic E-state index is 1.07. The van der Waals surface area contributed by atoms with Crippen molar-refractivity contribution in [2.45, 2.75) is 26.2 Å². The van der Waals surface area contributed by atoms with Gasteiger partial charge in [0.2, 0.25) is 0 Å². The van der Waals surface area contributed by atoms with Crippen molar-refractivity contribution in [1.82, 2.24) is 0 Å². The Morgan fingerprint density at radius 2 is 2.15 bits per heavy atom. The molecule has 3 rings (SSSR count). The van der Waals surface area contributed by atoms with Gasteiger partial charge in [0.25, 0.3) is 0 Å². The predicted octanol–water partition coefficient (Wildman–Crippen LogP) is 3.23. The topological polar surface area (TPSA) is 13.1 Å². The highest BCUT2D eigenvalue weighted by Gasteiger charge is 2.17. The summed E-state index contributed by atoms with van der Waals surface area (Å²) in [5, 5.41) is 1.39. The summed E-state index contributed by atoms with van der Waals surface area (Å²) in [6, 6.07) is 6.39. The molecule has 1 heterocycles. The molecule has 1 aliphatic rings. The number of benzene rings is 1. The largest absolute Gasteiger partial charge is 0.461 e. The van der Waals surface area contributed by atoms with E-state index in [0.29, 0.717) is 0 Å². The lowest BCUT2D eigenvalue weighted by Crippen LogP contribution is -1.98. The van der Waals surface area contributed by atoms with Crippen molar-refractivity contribution in [3.63, 3.8) is 0 Å². The first kappa shape index (κ1) is 7.19. The SMILES string of the molecule is Cc1oc2cccc3c2c1CCC3.